The van der Waals surface area contributed by atoms with Crippen molar-refractivity contribution in [3.8, 4) is 0 Å². The monoisotopic (exact) mass is 336 g/mol. The minimum Gasteiger partial charge on any atom is -0.350 e. The summed E-state index contributed by atoms with van der Waals surface area (Å²) in [5.74, 6) is -0.0302. The molecule has 0 spiro atoms. The second-order valence-corrected chi connectivity index (χ2v) is 6.76. The Hall–Kier alpha value is -2.62. The highest BCUT2D eigenvalue weighted by Crippen LogP contribution is 2.23. The topological polar surface area (TPSA) is 25.2 Å². The van der Waals surface area contributed by atoms with Crippen LogP contribution in [0.5, 0.6) is 0 Å². The van der Waals surface area contributed by atoms with Gasteiger partial charge in [0.2, 0.25) is 5.91 Å². The molecular formula is C21H21FN2O. The van der Waals surface area contributed by atoms with Crippen LogP contribution in [0.1, 0.15) is 23.1 Å². The van der Waals surface area contributed by atoms with E-state index in [1.165, 1.54) is 22.5 Å². The molecule has 0 saturated carbocycles. The number of aryl methyl sites for hydroxylation is 2. The number of halogens is 1. The lowest BCUT2D eigenvalue weighted by Gasteiger charge is -2.29. The molecular weight excluding hydrogens is 315 g/mol. The van der Waals surface area contributed by atoms with Crippen LogP contribution in [0.15, 0.2) is 48.7 Å². The van der Waals surface area contributed by atoms with E-state index in [1.807, 2.05) is 24.1 Å². The summed E-state index contributed by atoms with van der Waals surface area (Å²) in [7, 11) is 2.04. The van der Waals surface area contributed by atoms with Crippen molar-refractivity contribution < 1.29 is 9.18 Å². The number of hydrogen-bond donors (Lipinski definition) is 0. The second-order valence-electron chi connectivity index (χ2n) is 6.76. The Labute approximate surface area is 146 Å². The Kier molecular flexibility index (Phi) is 4.04. The van der Waals surface area contributed by atoms with Crippen molar-refractivity contribution in [1.29, 1.82) is 0 Å². The highest BCUT2D eigenvalue weighted by atomic mass is 19.1. The number of para-hydroxylation sites is 1. The van der Waals surface area contributed by atoms with Crippen molar-refractivity contribution in [2.45, 2.75) is 25.8 Å². The summed E-state index contributed by atoms with van der Waals surface area (Å²) in [6.07, 6.45) is 4.09. The molecule has 3 nitrogen and oxygen atoms in total. The van der Waals surface area contributed by atoms with E-state index in [0.29, 0.717) is 19.5 Å². The van der Waals surface area contributed by atoms with Crippen molar-refractivity contribution in [2.75, 3.05) is 6.54 Å². The van der Waals surface area contributed by atoms with Gasteiger partial charge in [-0.05, 0) is 47.7 Å². The molecule has 2 heterocycles. The third-order valence-corrected chi connectivity index (χ3v) is 5.12. The van der Waals surface area contributed by atoms with Crippen LogP contribution in [0.25, 0.3) is 10.9 Å². The Morgan fingerprint density at radius 3 is 2.88 bits per heavy atom. The van der Waals surface area contributed by atoms with Crippen molar-refractivity contribution in [2.24, 2.45) is 7.05 Å². The third kappa shape index (κ3) is 3.04. The number of carbonyl (C=O) groups is 1. The summed E-state index contributed by atoms with van der Waals surface area (Å²) in [4.78, 5) is 14.5. The summed E-state index contributed by atoms with van der Waals surface area (Å²) in [6.45, 7) is 1.26. The molecule has 0 fully saturated rings. The third-order valence-electron chi connectivity index (χ3n) is 5.12. The average molecular weight is 336 g/mol. The molecule has 4 heteroatoms. The molecule has 0 unspecified atom stereocenters. The molecule has 0 atom stereocenters. The SMILES string of the molecule is Cn1cc(CCC(=O)N2CCc3cc(F)ccc3C2)c2ccccc21. The summed E-state index contributed by atoms with van der Waals surface area (Å²) < 4.78 is 15.4. The van der Waals surface area contributed by atoms with Crippen LogP contribution >= 0.6 is 0 Å². The molecule has 1 amide bonds. The van der Waals surface area contributed by atoms with Crippen molar-refractivity contribution >= 4 is 16.8 Å². The maximum absolute atomic E-state index is 13.3. The number of carbonyl (C=O) groups excluding carboxylic acids is 1. The average Bonchev–Trinajstić information content (AvgIpc) is 2.95. The molecule has 128 valence electrons. The first-order chi connectivity index (χ1) is 12.1. The van der Waals surface area contributed by atoms with E-state index in [-0.39, 0.29) is 11.7 Å². The first-order valence-electron chi connectivity index (χ1n) is 8.70. The lowest BCUT2D eigenvalue weighted by atomic mass is 9.99. The molecule has 1 aliphatic heterocycles. The predicted octanol–water partition coefficient (Wildman–Crippen LogP) is 3.83. The number of benzene rings is 2. The van der Waals surface area contributed by atoms with Gasteiger partial charge in [-0.15, -0.1) is 0 Å². The normalized spacial score (nSPS) is 13.9. The van der Waals surface area contributed by atoms with Gasteiger partial charge < -0.3 is 9.47 Å². The van der Waals surface area contributed by atoms with E-state index >= 15 is 0 Å². The first kappa shape index (κ1) is 15.9. The van der Waals surface area contributed by atoms with Gasteiger partial charge in [0.05, 0.1) is 0 Å². The fraction of sp³-hybridized carbons (Fsp3) is 0.286. The molecule has 0 saturated heterocycles. The second kappa shape index (κ2) is 6.36. The number of nitrogens with zero attached hydrogens (tertiary/aromatic N) is 2. The van der Waals surface area contributed by atoms with Gasteiger partial charge in [0.25, 0.3) is 0 Å². The number of fused-ring (bicyclic) bond motifs is 2. The van der Waals surface area contributed by atoms with Gasteiger partial charge in [0.15, 0.2) is 0 Å². The lowest BCUT2D eigenvalue weighted by molar-refractivity contribution is -0.132. The summed E-state index contributed by atoms with van der Waals surface area (Å²) >= 11 is 0. The van der Waals surface area contributed by atoms with Crippen molar-refractivity contribution in [3.05, 3.63) is 71.2 Å². The smallest absolute Gasteiger partial charge is 0.223 e. The maximum Gasteiger partial charge on any atom is 0.223 e. The fourth-order valence-electron chi connectivity index (χ4n) is 3.76. The van der Waals surface area contributed by atoms with E-state index < -0.39 is 0 Å². The van der Waals surface area contributed by atoms with Gasteiger partial charge in [0, 0.05) is 43.7 Å². The van der Waals surface area contributed by atoms with Gasteiger partial charge in [-0.2, -0.15) is 0 Å². The minimum atomic E-state index is -0.200. The highest BCUT2D eigenvalue weighted by molar-refractivity contribution is 5.85. The highest BCUT2D eigenvalue weighted by Gasteiger charge is 2.21. The maximum atomic E-state index is 13.3. The zero-order chi connectivity index (χ0) is 17.4. The molecule has 0 radical (unpaired) electrons. The zero-order valence-electron chi connectivity index (χ0n) is 14.3. The van der Waals surface area contributed by atoms with Crippen LogP contribution in [0.3, 0.4) is 0 Å². The van der Waals surface area contributed by atoms with Crippen LogP contribution in [-0.2, 0) is 31.2 Å². The van der Waals surface area contributed by atoms with E-state index in [4.69, 9.17) is 0 Å². The summed E-state index contributed by atoms with van der Waals surface area (Å²) in [6, 6.07) is 13.1. The standard InChI is InChI=1S/C21H21FN2O/c1-23-13-17(19-4-2-3-5-20(19)23)7-9-21(25)24-11-10-15-12-18(22)8-6-16(15)14-24/h2-6,8,12-13H,7,9-11,14H2,1H3. The molecule has 25 heavy (non-hydrogen) atoms. The van der Waals surface area contributed by atoms with E-state index in [2.05, 4.69) is 22.9 Å². The van der Waals surface area contributed by atoms with Gasteiger partial charge in [-0.1, -0.05) is 24.3 Å². The van der Waals surface area contributed by atoms with Gasteiger partial charge in [-0.3, -0.25) is 4.79 Å². The van der Waals surface area contributed by atoms with Gasteiger partial charge in [0.1, 0.15) is 5.82 Å². The molecule has 3 aromatic rings. The number of amides is 1. The zero-order valence-corrected chi connectivity index (χ0v) is 14.3. The van der Waals surface area contributed by atoms with Gasteiger partial charge in [-0.25, -0.2) is 4.39 Å². The molecule has 1 aliphatic rings. The van der Waals surface area contributed by atoms with Crippen LogP contribution in [0.4, 0.5) is 4.39 Å². The van der Waals surface area contributed by atoms with Crippen LogP contribution < -0.4 is 0 Å². The number of aromatic nitrogens is 1. The van der Waals surface area contributed by atoms with Crippen molar-refractivity contribution in [3.63, 3.8) is 0 Å². The molecule has 0 aliphatic carbocycles. The summed E-state index contributed by atoms with van der Waals surface area (Å²) in [5.41, 5.74) is 4.49. The Bertz CT molecular complexity index is 944. The van der Waals surface area contributed by atoms with Crippen LogP contribution in [0, 0.1) is 5.82 Å². The molecule has 2 aromatic carbocycles. The fourth-order valence-corrected chi connectivity index (χ4v) is 3.76. The molecule has 0 bridgehead atoms. The van der Waals surface area contributed by atoms with E-state index in [9.17, 15) is 9.18 Å². The quantitative estimate of drug-likeness (QED) is 0.713. The number of rotatable bonds is 3. The van der Waals surface area contributed by atoms with Crippen molar-refractivity contribution in [1.82, 2.24) is 9.47 Å². The Morgan fingerprint density at radius 2 is 2.00 bits per heavy atom. The first-order valence-corrected chi connectivity index (χ1v) is 8.70. The Balaban J connectivity index is 1.45. The van der Waals surface area contributed by atoms with E-state index in [1.54, 1.807) is 12.1 Å². The van der Waals surface area contributed by atoms with Crippen LogP contribution in [-0.4, -0.2) is 21.9 Å². The Morgan fingerprint density at radius 1 is 1.16 bits per heavy atom. The lowest BCUT2D eigenvalue weighted by Crippen LogP contribution is -2.36. The minimum absolute atomic E-state index is 0.169. The molecule has 4 rings (SSSR count). The predicted molar refractivity (Wildman–Crippen MR) is 96.8 cm³/mol. The van der Waals surface area contributed by atoms with E-state index in [0.717, 1.165) is 24.0 Å². The summed E-state index contributed by atoms with van der Waals surface area (Å²) in [5, 5.41) is 1.22. The molecule has 0 N–H and O–H groups in total. The largest absolute Gasteiger partial charge is 0.350 e. The number of hydrogen-bond acceptors (Lipinski definition) is 1. The molecule has 1 aromatic heterocycles. The van der Waals surface area contributed by atoms with Crippen LogP contribution in [0.2, 0.25) is 0 Å². The van der Waals surface area contributed by atoms with Gasteiger partial charge >= 0.3 is 0 Å².